The van der Waals surface area contributed by atoms with Gasteiger partial charge in [-0.15, -0.1) is 0 Å². The highest BCUT2D eigenvalue weighted by molar-refractivity contribution is 5.21. The number of aryl methyl sites for hydroxylation is 2. The number of unbranched alkanes of at least 4 members (excludes halogenated alkanes) is 2. The molecule has 0 atom stereocenters. The largest absolute Gasteiger partial charge is 0.323 e. The summed E-state index contributed by atoms with van der Waals surface area (Å²) < 4.78 is 0. The molecule has 132 valence electrons. The Hall–Kier alpha value is -1.15. The van der Waals surface area contributed by atoms with Gasteiger partial charge in [-0.3, -0.25) is 0 Å². The molecule has 0 fully saturated rings. The molecule has 0 aliphatic rings. The van der Waals surface area contributed by atoms with Crippen molar-refractivity contribution in [1.29, 1.82) is 0 Å². The lowest BCUT2D eigenvalue weighted by molar-refractivity contribution is -0.0979. The van der Waals surface area contributed by atoms with Gasteiger partial charge < -0.3 is 10.1 Å². The molecule has 0 radical (unpaired) electrons. The van der Waals surface area contributed by atoms with Crippen LogP contribution in [0.5, 0.6) is 0 Å². The Morgan fingerprint density at radius 3 is 1.45 bits per heavy atom. The van der Waals surface area contributed by atoms with Gasteiger partial charge in [0.25, 0.3) is 0 Å². The fourth-order valence-corrected chi connectivity index (χ4v) is 1.40. The summed E-state index contributed by atoms with van der Waals surface area (Å²) in [7, 11) is 3.75. The number of hydrogen-bond donors (Lipinski definition) is 1. The molecule has 0 bridgehead atoms. The Bertz CT molecular complexity index is 255. The summed E-state index contributed by atoms with van der Waals surface area (Å²) in [5, 5.41) is 2.75. The molecule has 0 saturated heterocycles. The summed E-state index contributed by atoms with van der Waals surface area (Å²) >= 11 is 0. The summed E-state index contributed by atoms with van der Waals surface area (Å²) in [6, 6.07) is 8.76. The van der Waals surface area contributed by atoms with Gasteiger partial charge in [-0.2, -0.15) is 0 Å². The Balaban J connectivity index is -0.000000115. The fourth-order valence-electron chi connectivity index (χ4n) is 1.40. The minimum Gasteiger partial charge on any atom is -0.323 e. The first-order valence-electron chi connectivity index (χ1n) is 8.58. The number of carbonyl (C=O) groups excluding carboxylic acids is 1. The van der Waals surface area contributed by atoms with E-state index in [1.165, 1.54) is 43.2 Å². The van der Waals surface area contributed by atoms with E-state index < -0.39 is 0 Å². The van der Waals surface area contributed by atoms with Gasteiger partial charge in [-0.1, -0.05) is 90.1 Å². The highest BCUT2D eigenvalue weighted by atomic mass is 16.1. The van der Waals surface area contributed by atoms with Gasteiger partial charge in [0.2, 0.25) is 0 Å². The van der Waals surface area contributed by atoms with Crippen LogP contribution in [0.4, 0.5) is 0 Å². The Morgan fingerprint density at radius 2 is 1.23 bits per heavy atom. The van der Waals surface area contributed by atoms with Crippen LogP contribution < -0.4 is 5.32 Å². The van der Waals surface area contributed by atoms with Crippen LogP contribution in [-0.2, 0) is 11.2 Å². The molecule has 0 saturated carbocycles. The van der Waals surface area contributed by atoms with Crippen LogP contribution in [0.2, 0.25) is 0 Å². The Morgan fingerprint density at radius 1 is 0.864 bits per heavy atom. The molecule has 0 heterocycles. The van der Waals surface area contributed by atoms with E-state index in [9.17, 15) is 0 Å². The SMILES string of the molecule is C=O.CC.CCCCC.CCCc1ccc(C)cc1.CNC. The van der Waals surface area contributed by atoms with E-state index in [1.807, 2.05) is 34.7 Å². The number of nitrogens with one attached hydrogen (secondary N) is 1. The van der Waals surface area contributed by atoms with Crippen LogP contribution in [0.25, 0.3) is 0 Å². The fraction of sp³-hybridized carbons (Fsp3) is 0.650. The Kier molecular flexibility index (Phi) is 42.1. The van der Waals surface area contributed by atoms with Crippen LogP contribution in [-0.4, -0.2) is 20.9 Å². The summed E-state index contributed by atoms with van der Waals surface area (Å²) in [4.78, 5) is 8.00. The van der Waals surface area contributed by atoms with Gasteiger partial charge in [-0.25, -0.2) is 0 Å². The first-order valence-corrected chi connectivity index (χ1v) is 8.58. The van der Waals surface area contributed by atoms with E-state index in [4.69, 9.17) is 4.79 Å². The number of benzene rings is 1. The minimum atomic E-state index is 1.21. The third-order valence-corrected chi connectivity index (χ3v) is 2.37. The normalized spacial score (nSPS) is 7.64. The molecule has 0 aromatic heterocycles. The molecule has 2 nitrogen and oxygen atoms in total. The Labute approximate surface area is 140 Å². The van der Waals surface area contributed by atoms with E-state index in [1.54, 1.807) is 0 Å². The van der Waals surface area contributed by atoms with Gasteiger partial charge in [-0.05, 0) is 33.0 Å². The third kappa shape index (κ3) is 31.3. The van der Waals surface area contributed by atoms with Gasteiger partial charge >= 0.3 is 0 Å². The lowest BCUT2D eigenvalue weighted by Crippen LogP contribution is -1.89. The van der Waals surface area contributed by atoms with Crippen LogP contribution >= 0.6 is 0 Å². The van der Waals surface area contributed by atoms with Crippen molar-refractivity contribution in [2.75, 3.05) is 14.1 Å². The predicted molar refractivity (Wildman–Crippen MR) is 104 cm³/mol. The number of rotatable bonds is 4. The molecule has 0 spiro atoms. The first-order chi connectivity index (χ1) is 10.7. The van der Waals surface area contributed by atoms with Crippen LogP contribution in [0, 0.1) is 6.92 Å². The van der Waals surface area contributed by atoms with Gasteiger partial charge in [0.1, 0.15) is 6.79 Å². The van der Waals surface area contributed by atoms with E-state index in [2.05, 4.69) is 57.3 Å². The van der Waals surface area contributed by atoms with Crippen molar-refractivity contribution in [3.8, 4) is 0 Å². The second-order valence-electron chi connectivity index (χ2n) is 4.59. The molecule has 2 heteroatoms. The monoisotopic (exact) mass is 311 g/mol. The molecular weight excluding hydrogens is 270 g/mol. The minimum absolute atomic E-state index is 1.21. The predicted octanol–water partition coefficient (Wildman–Crippen LogP) is 5.82. The standard InChI is InChI=1S/C10H14.C5H12.C2H7N.C2H6.CH2O/c1-3-4-10-7-5-9(2)6-8-10;1-3-5-4-2;1-3-2;2*1-2/h5-8H,3-4H2,1-2H3;3-5H2,1-2H3;3H,1-2H3;1-2H3;1H2. The van der Waals surface area contributed by atoms with Gasteiger partial charge in [0.15, 0.2) is 0 Å². The molecule has 1 N–H and O–H groups in total. The van der Waals surface area contributed by atoms with E-state index in [0.29, 0.717) is 0 Å². The second kappa shape index (κ2) is 32.0. The van der Waals surface area contributed by atoms with E-state index in [0.717, 1.165) is 0 Å². The highest BCUT2D eigenvalue weighted by Gasteiger charge is 1.88. The average Bonchev–Trinajstić information content (AvgIpc) is 2.56. The lowest BCUT2D eigenvalue weighted by atomic mass is 10.1. The molecule has 22 heavy (non-hydrogen) atoms. The molecule has 0 amide bonds. The summed E-state index contributed by atoms with van der Waals surface area (Å²) in [5.41, 5.74) is 2.80. The summed E-state index contributed by atoms with van der Waals surface area (Å²) in [5.74, 6) is 0. The summed E-state index contributed by atoms with van der Waals surface area (Å²) in [6.45, 7) is 14.8. The zero-order valence-corrected chi connectivity index (χ0v) is 16.5. The molecule has 0 unspecified atom stereocenters. The molecule has 0 aliphatic carbocycles. The van der Waals surface area contributed by atoms with Gasteiger partial charge in [0.05, 0.1) is 0 Å². The quantitative estimate of drug-likeness (QED) is 0.759. The zero-order chi connectivity index (χ0) is 18.2. The van der Waals surface area contributed by atoms with Crippen molar-refractivity contribution in [3.05, 3.63) is 35.4 Å². The molecule has 1 aromatic rings. The maximum absolute atomic E-state index is 8.00. The number of hydrogen-bond acceptors (Lipinski definition) is 2. The van der Waals surface area contributed by atoms with Crippen molar-refractivity contribution >= 4 is 6.79 Å². The van der Waals surface area contributed by atoms with Crippen LogP contribution in [0.3, 0.4) is 0 Å². The van der Waals surface area contributed by atoms with Gasteiger partial charge in [0, 0.05) is 0 Å². The van der Waals surface area contributed by atoms with E-state index >= 15 is 0 Å². The van der Waals surface area contributed by atoms with Crippen LogP contribution in [0.1, 0.15) is 71.4 Å². The van der Waals surface area contributed by atoms with Crippen molar-refractivity contribution < 1.29 is 4.79 Å². The first kappa shape index (κ1) is 28.9. The molecule has 1 aromatic carbocycles. The maximum Gasteiger partial charge on any atom is 0.106 e. The second-order valence-corrected chi connectivity index (χ2v) is 4.59. The molecule has 1 rings (SSSR count). The smallest absolute Gasteiger partial charge is 0.106 e. The highest BCUT2D eigenvalue weighted by Crippen LogP contribution is 2.04. The number of carbonyl (C=O) groups is 1. The maximum atomic E-state index is 8.00. The van der Waals surface area contributed by atoms with Crippen molar-refractivity contribution in [1.82, 2.24) is 5.32 Å². The zero-order valence-electron chi connectivity index (χ0n) is 16.5. The van der Waals surface area contributed by atoms with Crippen molar-refractivity contribution in [3.63, 3.8) is 0 Å². The van der Waals surface area contributed by atoms with Crippen LogP contribution in [0.15, 0.2) is 24.3 Å². The lowest BCUT2D eigenvalue weighted by Gasteiger charge is -1.97. The van der Waals surface area contributed by atoms with Crippen molar-refractivity contribution in [2.45, 2.75) is 73.6 Å². The van der Waals surface area contributed by atoms with E-state index in [-0.39, 0.29) is 0 Å². The molecular formula is C20H41NO. The molecule has 0 aliphatic heterocycles. The third-order valence-electron chi connectivity index (χ3n) is 2.37. The average molecular weight is 312 g/mol. The topological polar surface area (TPSA) is 29.1 Å². The summed E-state index contributed by atoms with van der Waals surface area (Å²) in [6.07, 6.45) is 6.52. The van der Waals surface area contributed by atoms with Crippen molar-refractivity contribution in [2.24, 2.45) is 0 Å².